The van der Waals surface area contributed by atoms with E-state index in [0.717, 1.165) is 19.4 Å². The van der Waals surface area contributed by atoms with Gasteiger partial charge in [0, 0.05) is 17.9 Å². The summed E-state index contributed by atoms with van der Waals surface area (Å²) in [6.45, 7) is 1.42. The Balaban J connectivity index is 1.75. The molecule has 1 saturated carbocycles. The van der Waals surface area contributed by atoms with Gasteiger partial charge in [0.1, 0.15) is 0 Å². The fourth-order valence-electron chi connectivity index (χ4n) is 2.59. The molecule has 1 aliphatic heterocycles. The van der Waals surface area contributed by atoms with Gasteiger partial charge >= 0.3 is 6.03 Å². The second kappa shape index (κ2) is 6.50. The molecule has 2 rings (SSSR count). The number of rotatable bonds is 3. The third kappa shape index (κ3) is 3.78. The predicted octanol–water partition coefficient (Wildman–Crippen LogP) is 1.75. The number of carbonyl (C=O) groups is 1. The SMILES string of the molecule is CSC1CCCCC1NC(=O)NC1CCOC1. The average molecular weight is 258 g/mol. The van der Waals surface area contributed by atoms with Crippen molar-refractivity contribution in [3.8, 4) is 0 Å². The Hall–Kier alpha value is -0.420. The fraction of sp³-hybridized carbons (Fsp3) is 0.917. The van der Waals surface area contributed by atoms with E-state index < -0.39 is 0 Å². The lowest BCUT2D eigenvalue weighted by Gasteiger charge is -2.31. The number of carbonyl (C=O) groups excluding carboxylic acids is 1. The quantitative estimate of drug-likeness (QED) is 0.811. The molecule has 1 heterocycles. The van der Waals surface area contributed by atoms with Crippen LogP contribution in [0.4, 0.5) is 4.79 Å². The number of nitrogens with one attached hydrogen (secondary N) is 2. The molecule has 3 atom stereocenters. The Kier molecular flexibility index (Phi) is 4.98. The molecule has 1 saturated heterocycles. The van der Waals surface area contributed by atoms with Crippen molar-refractivity contribution in [1.82, 2.24) is 10.6 Å². The summed E-state index contributed by atoms with van der Waals surface area (Å²) in [7, 11) is 0. The lowest BCUT2D eigenvalue weighted by atomic mass is 9.95. The molecule has 2 N–H and O–H groups in total. The molecule has 0 bridgehead atoms. The molecule has 2 amide bonds. The number of ether oxygens (including phenoxy) is 1. The molecule has 0 aromatic carbocycles. The third-order valence-electron chi connectivity index (χ3n) is 3.59. The zero-order valence-corrected chi connectivity index (χ0v) is 11.2. The van der Waals surface area contributed by atoms with Gasteiger partial charge in [-0.1, -0.05) is 12.8 Å². The summed E-state index contributed by atoms with van der Waals surface area (Å²) in [6, 6.07) is 0.513. The number of hydrogen-bond donors (Lipinski definition) is 2. The first-order chi connectivity index (χ1) is 8.29. The van der Waals surface area contributed by atoms with Gasteiger partial charge in [-0.05, 0) is 25.5 Å². The summed E-state index contributed by atoms with van der Waals surface area (Å²) in [4.78, 5) is 11.8. The standard InChI is InChI=1S/C12H22N2O2S/c1-17-11-5-3-2-4-10(11)14-12(15)13-9-6-7-16-8-9/h9-11H,2-8H2,1H3,(H2,13,14,15). The average Bonchev–Trinajstić information content (AvgIpc) is 2.82. The van der Waals surface area contributed by atoms with E-state index in [2.05, 4.69) is 16.9 Å². The highest BCUT2D eigenvalue weighted by Gasteiger charge is 2.26. The van der Waals surface area contributed by atoms with Crippen molar-refractivity contribution >= 4 is 17.8 Å². The summed E-state index contributed by atoms with van der Waals surface area (Å²) in [5.74, 6) is 0. The zero-order valence-electron chi connectivity index (χ0n) is 10.4. The lowest BCUT2D eigenvalue weighted by Crippen LogP contribution is -2.50. The molecule has 0 radical (unpaired) electrons. The number of thioether (sulfide) groups is 1. The molecule has 1 aliphatic carbocycles. The predicted molar refractivity (Wildman–Crippen MR) is 70.5 cm³/mol. The van der Waals surface area contributed by atoms with Crippen LogP contribution >= 0.6 is 11.8 Å². The second-order valence-corrected chi connectivity index (χ2v) is 5.92. The van der Waals surface area contributed by atoms with E-state index in [-0.39, 0.29) is 12.1 Å². The van der Waals surface area contributed by atoms with E-state index >= 15 is 0 Å². The highest BCUT2D eigenvalue weighted by Crippen LogP contribution is 2.27. The van der Waals surface area contributed by atoms with Crippen LogP contribution < -0.4 is 10.6 Å². The van der Waals surface area contributed by atoms with Gasteiger partial charge in [0.2, 0.25) is 0 Å². The molecule has 17 heavy (non-hydrogen) atoms. The normalized spacial score (nSPS) is 33.4. The van der Waals surface area contributed by atoms with Gasteiger partial charge in [-0.2, -0.15) is 11.8 Å². The molecule has 0 aromatic rings. The highest BCUT2D eigenvalue weighted by atomic mass is 32.2. The summed E-state index contributed by atoms with van der Waals surface area (Å²) >= 11 is 1.87. The van der Waals surface area contributed by atoms with E-state index in [1.807, 2.05) is 11.8 Å². The van der Waals surface area contributed by atoms with Crippen LogP contribution in [0.25, 0.3) is 0 Å². The molecule has 2 aliphatic rings. The Morgan fingerprint density at radius 1 is 1.24 bits per heavy atom. The van der Waals surface area contributed by atoms with Crippen LogP contribution in [0, 0.1) is 0 Å². The number of hydrogen-bond acceptors (Lipinski definition) is 3. The molecule has 3 unspecified atom stereocenters. The van der Waals surface area contributed by atoms with Gasteiger partial charge in [-0.3, -0.25) is 0 Å². The van der Waals surface area contributed by atoms with Crippen molar-refractivity contribution < 1.29 is 9.53 Å². The summed E-state index contributed by atoms with van der Waals surface area (Å²) < 4.78 is 5.24. The minimum Gasteiger partial charge on any atom is -0.379 e. The molecule has 0 aromatic heterocycles. The highest BCUT2D eigenvalue weighted by molar-refractivity contribution is 7.99. The van der Waals surface area contributed by atoms with Crippen LogP contribution in [0.1, 0.15) is 32.1 Å². The van der Waals surface area contributed by atoms with Gasteiger partial charge in [-0.25, -0.2) is 4.79 Å². The molecule has 5 heteroatoms. The zero-order chi connectivity index (χ0) is 12.1. The molecular weight excluding hydrogens is 236 g/mol. The first-order valence-electron chi connectivity index (χ1n) is 6.47. The molecule has 4 nitrogen and oxygen atoms in total. The van der Waals surface area contributed by atoms with Crippen LogP contribution in [0.3, 0.4) is 0 Å². The maximum atomic E-state index is 11.8. The minimum absolute atomic E-state index is 0.0218. The topological polar surface area (TPSA) is 50.4 Å². The summed E-state index contributed by atoms with van der Waals surface area (Å²) in [5, 5.41) is 6.68. The van der Waals surface area contributed by atoms with Crippen LogP contribution in [-0.4, -0.2) is 42.8 Å². The first-order valence-corrected chi connectivity index (χ1v) is 7.76. The van der Waals surface area contributed by atoms with E-state index in [0.29, 0.717) is 17.9 Å². The van der Waals surface area contributed by atoms with E-state index in [4.69, 9.17) is 4.74 Å². The molecule has 0 spiro atoms. The lowest BCUT2D eigenvalue weighted by molar-refractivity contribution is 0.187. The van der Waals surface area contributed by atoms with E-state index in [1.165, 1.54) is 19.3 Å². The van der Waals surface area contributed by atoms with Crippen molar-refractivity contribution in [1.29, 1.82) is 0 Å². The Labute approximate surface area is 107 Å². The Morgan fingerprint density at radius 3 is 2.76 bits per heavy atom. The van der Waals surface area contributed by atoms with Crippen molar-refractivity contribution in [2.24, 2.45) is 0 Å². The van der Waals surface area contributed by atoms with Crippen LogP contribution in [-0.2, 0) is 4.74 Å². The number of urea groups is 1. The largest absolute Gasteiger partial charge is 0.379 e. The minimum atomic E-state index is -0.0218. The van der Waals surface area contributed by atoms with Crippen molar-refractivity contribution in [2.45, 2.75) is 49.4 Å². The van der Waals surface area contributed by atoms with Gasteiger partial charge in [-0.15, -0.1) is 0 Å². The molecule has 98 valence electrons. The molecular formula is C12H22N2O2S. The van der Waals surface area contributed by atoms with Crippen LogP contribution in [0.5, 0.6) is 0 Å². The third-order valence-corrected chi connectivity index (χ3v) is 4.76. The number of amides is 2. The summed E-state index contributed by atoms with van der Waals surface area (Å²) in [6.07, 6.45) is 7.92. The Bertz CT molecular complexity index is 257. The maximum absolute atomic E-state index is 11.8. The van der Waals surface area contributed by atoms with Crippen LogP contribution in [0.15, 0.2) is 0 Å². The second-order valence-electron chi connectivity index (χ2n) is 4.84. The monoisotopic (exact) mass is 258 g/mol. The fourth-order valence-corrected chi connectivity index (χ4v) is 3.52. The van der Waals surface area contributed by atoms with Crippen molar-refractivity contribution in [2.75, 3.05) is 19.5 Å². The van der Waals surface area contributed by atoms with Gasteiger partial charge in [0.05, 0.1) is 12.6 Å². The maximum Gasteiger partial charge on any atom is 0.315 e. The van der Waals surface area contributed by atoms with Crippen molar-refractivity contribution in [3.05, 3.63) is 0 Å². The van der Waals surface area contributed by atoms with Gasteiger partial charge in [0.15, 0.2) is 0 Å². The smallest absolute Gasteiger partial charge is 0.315 e. The molecule has 2 fully saturated rings. The van der Waals surface area contributed by atoms with Gasteiger partial charge < -0.3 is 15.4 Å². The summed E-state index contributed by atoms with van der Waals surface area (Å²) in [5.41, 5.74) is 0. The Morgan fingerprint density at radius 2 is 2.06 bits per heavy atom. The van der Waals surface area contributed by atoms with Crippen molar-refractivity contribution in [3.63, 3.8) is 0 Å². The first kappa shape index (κ1) is 13.0. The van der Waals surface area contributed by atoms with E-state index in [1.54, 1.807) is 0 Å². The van der Waals surface area contributed by atoms with Crippen LogP contribution in [0.2, 0.25) is 0 Å². The van der Waals surface area contributed by atoms with E-state index in [9.17, 15) is 4.79 Å². The van der Waals surface area contributed by atoms with Gasteiger partial charge in [0.25, 0.3) is 0 Å².